The van der Waals surface area contributed by atoms with Crippen molar-refractivity contribution in [1.29, 1.82) is 0 Å². The van der Waals surface area contributed by atoms with Crippen molar-refractivity contribution >= 4 is 23.9 Å². The van der Waals surface area contributed by atoms with E-state index in [1.54, 1.807) is 0 Å². The van der Waals surface area contributed by atoms with Gasteiger partial charge in [0.1, 0.15) is 0 Å². The molecule has 0 heterocycles. The summed E-state index contributed by atoms with van der Waals surface area (Å²) in [6.45, 7) is 13.6. The highest BCUT2D eigenvalue weighted by molar-refractivity contribution is 5.84. The van der Waals surface area contributed by atoms with E-state index in [9.17, 15) is 19.2 Å². The molecule has 174 valence electrons. The van der Waals surface area contributed by atoms with Crippen molar-refractivity contribution < 1.29 is 54.9 Å². The molecule has 0 radical (unpaired) electrons. The number of carboxylic acid groups (broad SMARTS) is 4. The first-order chi connectivity index (χ1) is 13.8. The van der Waals surface area contributed by atoms with E-state index in [4.69, 9.17) is 35.7 Å². The SMILES string of the molecule is C=C(C)C(=O)O.C=CC(=O)O.C=CC(=O)O.C=CC(=O)O.OCCCC(CO)CO. The average molecular weight is 436 g/mol. The standard InChI is InChI=1S/C6H14O3.C4H6O2.3C3H4O2/c7-3-1-2-6(4-8)5-9;1-3(2)4(5)6;3*1-2-3(4)5/h6-9H,1-5H2;1H2,2H3,(H,5,6);3*2H,1H2,(H,4,5). The maximum Gasteiger partial charge on any atom is 0.330 e. The van der Waals surface area contributed by atoms with Crippen LogP contribution in [0.2, 0.25) is 0 Å². The molecule has 0 unspecified atom stereocenters. The van der Waals surface area contributed by atoms with Gasteiger partial charge in [-0.3, -0.25) is 0 Å². The molecule has 0 saturated heterocycles. The Hall–Kier alpha value is -3.28. The summed E-state index contributed by atoms with van der Waals surface area (Å²) in [5.41, 5.74) is 0.176. The summed E-state index contributed by atoms with van der Waals surface area (Å²) >= 11 is 0. The van der Waals surface area contributed by atoms with Crippen LogP contribution in [-0.2, 0) is 19.2 Å². The van der Waals surface area contributed by atoms with Gasteiger partial charge in [0, 0.05) is 49.5 Å². The lowest BCUT2D eigenvalue weighted by molar-refractivity contribution is -0.133. The van der Waals surface area contributed by atoms with Crippen LogP contribution in [-0.4, -0.2) is 79.4 Å². The smallest absolute Gasteiger partial charge is 0.330 e. The van der Waals surface area contributed by atoms with Crippen LogP contribution in [0.5, 0.6) is 0 Å². The van der Waals surface area contributed by atoms with Gasteiger partial charge in [0.15, 0.2) is 0 Å². The number of carboxylic acids is 4. The van der Waals surface area contributed by atoms with Crippen molar-refractivity contribution in [3.8, 4) is 0 Å². The fourth-order valence-corrected chi connectivity index (χ4v) is 0.620. The zero-order valence-corrected chi connectivity index (χ0v) is 16.9. The highest BCUT2D eigenvalue weighted by atomic mass is 16.4. The predicted octanol–water partition coefficient (Wildman–Crippen LogP) is 0.778. The van der Waals surface area contributed by atoms with Crippen molar-refractivity contribution in [2.45, 2.75) is 19.8 Å². The van der Waals surface area contributed by atoms with E-state index in [1.807, 2.05) is 0 Å². The van der Waals surface area contributed by atoms with E-state index in [1.165, 1.54) is 6.92 Å². The normalized spacial score (nSPS) is 7.90. The molecule has 11 heteroatoms. The first-order valence-electron chi connectivity index (χ1n) is 8.08. The predicted molar refractivity (Wildman–Crippen MR) is 110 cm³/mol. The summed E-state index contributed by atoms with van der Waals surface area (Å²) in [5.74, 6) is -3.92. The van der Waals surface area contributed by atoms with Gasteiger partial charge >= 0.3 is 23.9 Å². The van der Waals surface area contributed by atoms with Gasteiger partial charge < -0.3 is 35.7 Å². The van der Waals surface area contributed by atoms with Crippen molar-refractivity contribution in [2.24, 2.45) is 5.92 Å². The first kappa shape index (κ1) is 37.5. The molecule has 0 aromatic carbocycles. The number of hydrogen-bond donors (Lipinski definition) is 7. The van der Waals surface area contributed by atoms with Gasteiger partial charge in [-0.1, -0.05) is 26.3 Å². The van der Waals surface area contributed by atoms with E-state index < -0.39 is 23.9 Å². The summed E-state index contributed by atoms with van der Waals surface area (Å²) in [4.78, 5) is 37.3. The highest BCUT2D eigenvalue weighted by Crippen LogP contribution is 2.02. The maximum atomic E-state index is 9.60. The molecule has 0 amide bonds. The number of carbonyl (C=O) groups is 4. The molecule has 0 saturated carbocycles. The molecule has 11 nitrogen and oxygen atoms in total. The number of rotatable bonds is 9. The molecule has 0 bridgehead atoms. The Kier molecular flexibility index (Phi) is 38.0. The second-order valence-corrected chi connectivity index (χ2v) is 4.81. The second-order valence-electron chi connectivity index (χ2n) is 4.81. The summed E-state index contributed by atoms with van der Waals surface area (Å²) < 4.78 is 0. The molecule has 0 aromatic heterocycles. The Morgan fingerprint density at radius 2 is 1.00 bits per heavy atom. The topological polar surface area (TPSA) is 210 Å². The highest BCUT2D eigenvalue weighted by Gasteiger charge is 2.03. The molecule has 0 fully saturated rings. The van der Waals surface area contributed by atoms with E-state index >= 15 is 0 Å². The first-order valence-corrected chi connectivity index (χ1v) is 8.08. The molecule has 0 atom stereocenters. The zero-order chi connectivity index (χ0) is 25.1. The minimum Gasteiger partial charge on any atom is -0.478 e. The fourth-order valence-electron chi connectivity index (χ4n) is 0.620. The third-order valence-electron chi connectivity index (χ3n) is 2.18. The van der Waals surface area contributed by atoms with Crippen molar-refractivity contribution in [3.63, 3.8) is 0 Å². The Morgan fingerprint density at radius 1 is 0.767 bits per heavy atom. The van der Waals surface area contributed by atoms with Crippen LogP contribution < -0.4 is 0 Å². The quantitative estimate of drug-likeness (QED) is 0.251. The second kappa shape index (κ2) is 30.4. The average Bonchev–Trinajstić information content (AvgIpc) is 2.70. The Labute approximate surface area is 175 Å². The lowest BCUT2D eigenvalue weighted by Crippen LogP contribution is -2.11. The van der Waals surface area contributed by atoms with Crippen LogP contribution >= 0.6 is 0 Å². The van der Waals surface area contributed by atoms with E-state index in [2.05, 4.69) is 26.3 Å². The summed E-state index contributed by atoms with van der Waals surface area (Å²) in [7, 11) is 0. The molecule has 0 aliphatic carbocycles. The zero-order valence-electron chi connectivity index (χ0n) is 16.9. The number of hydrogen-bond acceptors (Lipinski definition) is 7. The van der Waals surface area contributed by atoms with Gasteiger partial charge in [-0.05, 0) is 19.8 Å². The molecule has 7 N–H and O–H groups in total. The lowest BCUT2D eigenvalue weighted by Gasteiger charge is -2.07. The van der Waals surface area contributed by atoms with Crippen LogP contribution in [0.4, 0.5) is 0 Å². The van der Waals surface area contributed by atoms with E-state index in [0.29, 0.717) is 12.8 Å². The van der Waals surface area contributed by atoms with Gasteiger partial charge in [-0.15, -0.1) is 0 Å². The van der Waals surface area contributed by atoms with E-state index in [0.717, 1.165) is 18.2 Å². The van der Waals surface area contributed by atoms with Gasteiger partial charge in [0.2, 0.25) is 0 Å². The van der Waals surface area contributed by atoms with Crippen LogP contribution in [0.1, 0.15) is 19.8 Å². The number of aliphatic carboxylic acids is 4. The molecule has 30 heavy (non-hydrogen) atoms. The van der Waals surface area contributed by atoms with E-state index in [-0.39, 0.29) is 31.3 Å². The lowest BCUT2D eigenvalue weighted by atomic mass is 10.1. The monoisotopic (exact) mass is 436 g/mol. The molecular weight excluding hydrogens is 404 g/mol. The number of aliphatic hydroxyl groups is 3. The third-order valence-corrected chi connectivity index (χ3v) is 2.18. The molecule has 0 aromatic rings. The summed E-state index contributed by atoms with van der Waals surface area (Å²) in [6, 6.07) is 0. The van der Waals surface area contributed by atoms with Crippen LogP contribution in [0.25, 0.3) is 0 Å². The largest absolute Gasteiger partial charge is 0.478 e. The molecule has 0 aliphatic rings. The molecule has 0 aliphatic heterocycles. The third kappa shape index (κ3) is 64.2. The summed E-state index contributed by atoms with van der Waals surface area (Å²) in [6.07, 6.45) is 3.86. The van der Waals surface area contributed by atoms with Crippen molar-refractivity contribution in [1.82, 2.24) is 0 Å². The minimum atomic E-state index is -0.981. The van der Waals surface area contributed by atoms with Gasteiger partial charge in [-0.25, -0.2) is 19.2 Å². The Balaban J connectivity index is -0.0000000891. The molecule has 0 spiro atoms. The maximum absolute atomic E-state index is 9.60. The Morgan fingerprint density at radius 3 is 1.10 bits per heavy atom. The summed E-state index contributed by atoms with van der Waals surface area (Å²) in [5, 5.41) is 56.1. The van der Waals surface area contributed by atoms with Crippen molar-refractivity contribution in [3.05, 3.63) is 50.1 Å². The van der Waals surface area contributed by atoms with Crippen LogP contribution in [0.15, 0.2) is 50.1 Å². The molecular formula is C19H32O11. The fraction of sp³-hybridized carbons (Fsp3) is 0.368. The van der Waals surface area contributed by atoms with Crippen LogP contribution in [0.3, 0.4) is 0 Å². The van der Waals surface area contributed by atoms with Crippen molar-refractivity contribution in [2.75, 3.05) is 19.8 Å². The molecule has 0 rings (SSSR count). The Bertz CT molecular complexity index is 466. The van der Waals surface area contributed by atoms with Gasteiger partial charge in [-0.2, -0.15) is 0 Å². The number of aliphatic hydroxyl groups excluding tert-OH is 3. The van der Waals surface area contributed by atoms with Crippen LogP contribution in [0, 0.1) is 5.92 Å². The van der Waals surface area contributed by atoms with Gasteiger partial charge in [0.05, 0.1) is 0 Å². The minimum absolute atomic E-state index is 0.0104. The van der Waals surface area contributed by atoms with Gasteiger partial charge in [0.25, 0.3) is 0 Å².